The Morgan fingerprint density at radius 1 is 1.59 bits per heavy atom. The molecule has 0 unspecified atom stereocenters. The molecule has 0 atom stereocenters. The zero-order valence-electron chi connectivity index (χ0n) is 9.83. The number of nitrogen functional groups attached to an aromatic ring is 1. The number of thiophene rings is 1. The number of nitrogens with two attached hydrogens (primary N) is 1. The van der Waals surface area contributed by atoms with Crippen molar-refractivity contribution in [1.82, 2.24) is 9.78 Å². The van der Waals surface area contributed by atoms with Crippen LogP contribution in [0.25, 0.3) is 0 Å². The van der Waals surface area contributed by atoms with Crippen molar-refractivity contribution >= 4 is 38.8 Å². The summed E-state index contributed by atoms with van der Waals surface area (Å²) in [7, 11) is 0. The van der Waals surface area contributed by atoms with E-state index in [2.05, 4.69) is 44.7 Å². The van der Waals surface area contributed by atoms with E-state index in [9.17, 15) is 0 Å². The van der Waals surface area contributed by atoms with Gasteiger partial charge in [-0.05, 0) is 35.8 Å². The predicted molar refractivity (Wildman–Crippen MR) is 76.4 cm³/mol. The summed E-state index contributed by atoms with van der Waals surface area (Å²) in [6.07, 6.45) is 0. The van der Waals surface area contributed by atoms with Crippen LogP contribution in [0.4, 0.5) is 11.5 Å². The molecule has 0 spiro atoms. The molecule has 2 heterocycles. The minimum Gasteiger partial charge on any atom is -0.394 e. The van der Waals surface area contributed by atoms with Crippen LogP contribution < -0.4 is 11.1 Å². The number of nitrogens with zero attached hydrogens (tertiary/aromatic N) is 2. The van der Waals surface area contributed by atoms with Crippen molar-refractivity contribution in [3.8, 4) is 0 Å². The van der Waals surface area contributed by atoms with Gasteiger partial charge in [-0.2, -0.15) is 5.10 Å². The Balaban J connectivity index is 2.13. The fourth-order valence-electron chi connectivity index (χ4n) is 1.63. The molecule has 0 saturated carbocycles. The molecule has 0 radical (unpaired) electrons. The molecule has 3 N–H and O–H groups in total. The summed E-state index contributed by atoms with van der Waals surface area (Å²) >= 11 is 5.16. The van der Waals surface area contributed by atoms with Crippen LogP contribution in [0.1, 0.15) is 17.5 Å². The third kappa shape index (κ3) is 2.63. The summed E-state index contributed by atoms with van der Waals surface area (Å²) in [5.41, 5.74) is 7.61. The van der Waals surface area contributed by atoms with E-state index in [1.54, 1.807) is 11.3 Å². The summed E-state index contributed by atoms with van der Waals surface area (Å²) < 4.78 is 3.01. The highest BCUT2D eigenvalue weighted by molar-refractivity contribution is 9.10. The third-order valence-electron chi connectivity index (χ3n) is 2.53. The average Bonchev–Trinajstić information content (AvgIpc) is 2.83. The van der Waals surface area contributed by atoms with E-state index in [1.807, 2.05) is 11.6 Å². The summed E-state index contributed by atoms with van der Waals surface area (Å²) in [5, 5.41) is 9.79. The molecule has 0 amide bonds. The molecule has 0 bridgehead atoms. The van der Waals surface area contributed by atoms with Gasteiger partial charge in [-0.25, -0.2) is 4.68 Å². The summed E-state index contributed by atoms with van der Waals surface area (Å²) in [4.78, 5) is 1.26. The van der Waals surface area contributed by atoms with E-state index >= 15 is 0 Å². The zero-order valence-corrected chi connectivity index (χ0v) is 12.2. The molecule has 0 aliphatic heterocycles. The summed E-state index contributed by atoms with van der Waals surface area (Å²) in [5.74, 6) is 0.912. The molecule has 6 heteroatoms. The normalized spacial score (nSPS) is 10.8. The minimum atomic E-state index is 0.738. The fourth-order valence-corrected chi connectivity index (χ4v) is 3.02. The molecule has 0 fully saturated rings. The second-order valence-electron chi connectivity index (χ2n) is 3.75. The van der Waals surface area contributed by atoms with Crippen LogP contribution in [-0.2, 0) is 13.1 Å². The van der Waals surface area contributed by atoms with Crippen LogP contribution in [-0.4, -0.2) is 9.78 Å². The highest BCUT2D eigenvalue weighted by Gasteiger charge is 2.11. The number of hydrogen-bond acceptors (Lipinski definition) is 4. The van der Waals surface area contributed by atoms with E-state index < -0.39 is 0 Å². The van der Waals surface area contributed by atoms with Gasteiger partial charge in [0.05, 0.1) is 17.9 Å². The van der Waals surface area contributed by atoms with Crippen molar-refractivity contribution in [2.24, 2.45) is 0 Å². The van der Waals surface area contributed by atoms with Gasteiger partial charge in [-0.3, -0.25) is 0 Å². The first kappa shape index (κ1) is 12.4. The van der Waals surface area contributed by atoms with Gasteiger partial charge in [0.25, 0.3) is 0 Å². The number of nitrogens with one attached hydrogen (secondary N) is 1. The second-order valence-corrected chi connectivity index (χ2v) is 5.66. The maximum atomic E-state index is 6.00. The minimum absolute atomic E-state index is 0.738. The van der Waals surface area contributed by atoms with Crippen molar-refractivity contribution in [2.75, 3.05) is 11.1 Å². The molecule has 2 rings (SSSR count). The van der Waals surface area contributed by atoms with Crippen molar-refractivity contribution in [2.45, 2.75) is 26.9 Å². The van der Waals surface area contributed by atoms with Gasteiger partial charge < -0.3 is 11.1 Å². The maximum Gasteiger partial charge on any atom is 0.148 e. The number of hydrogen-bond donors (Lipinski definition) is 2. The Hall–Kier alpha value is -1.01. The van der Waals surface area contributed by atoms with Crippen LogP contribution in [0.15, 0.2) is 15.9 Å². The molecule has 0 aromatic carbocycles. The second kappa shape index (κ2) is 5.10. The topological polar surface area (TPSA) is 55.9 Å². The number of anilines is 2. The molecular weight excluding hydrogens is 300 g/mol. The van der Waals surface area contributed by atoms with E-state index in [0.717, 1.165) is 34.8 Å². The number of rotatable bonds is 4. The first-order chi connectivity index (χ1) is 8.11. The monoisotopic (exact) mass is 314 g/mol. The molecule has 0 aliphatic rings. The zero-order chi connectivity index (χ0) is 12.4. The Labute approximate surface area is 113 Å². The number of aryl methyl sites for hydroxylation is 2. The van der Waals surface area contributed by atoms with Gasteiger partial charge in [0.1, 0.15) is 5.82 Å². The van der Waals surface area contributed by atoms with Gasteiger partial charge >= 0.3 is 0 Å². The molecule has 4 nitrogen and oxygen atoms in total. The lowest BCUT2D eigenvalue weighted by atomic mass is 10.4. The Kier molecular flexibility index (Phi) is 3.73. The smallest absolute Gasteiger partial charge is 0.148 e. The van der Waals surface area contributed by atoms with E-state index in [4.69, 9.17) is 5.73 Å². The Morgan fingerprint density at radius 3 is 2.94 bits per heavy atom. The fraction of sp³-hybridized carbons (Fsp3) is 0.364. The highest BCUT2D eigenvalue weighted by atomic mass is 79.9. The van der Waals surface area contributed by atoms with Crippen LogP contribution >= 0.6 is 27.3 Å². The average molecular weight is 315 g/mol. The largest absolute Gasteiger partial charge is 0.394 e. The summed E-state index contributed by atoms with van der Waals surface area (Å²) in [6.45, 7) is 5.56. The molecule has 0 saturated heterocycles. The number of halogens is 1. The molecule has 2 aromatic heterocycles. The lowest BCUT2D eigenvalue weighted by Crippen LogP contribution is -2.07. The van der Waals surface area contributed by atoms with E-state index in [-0.39, 0.29) is 0 Å². The Morgan fingerprint density at radius 2 is 2.35 bits per heavy atom. The van der Waals surface area contributed by atoms with Crippen LogP contribution in [0, 0.1) is 6.92 Å². The number of aromatic nitrogens is 2. The molecule has 17 heavy (non-hydrogen) atoms. The standard InChI is InChI=1S/C11H15BrN4S/c1-3-16-11(10(13)7(2)15-16)14-5-9-4-8(12)6-17-9/h4,6,14H,3,5,13H2,1-2H3. The van der Waals surface area contributed by atoms with Gasteiger partial charge in [-0.15, -0.1) is 11.3 Å². The predicted octanol–water partition coefficient (Wildman–Crippen LogP) is 3.23. The lowest BCUT2D eigenvalue weighted by Gasteiger charge is -2.07. The highest BCUT2D eigenvalue weighted by Crippen LogP contribution is 2.25. The van der Waals surface area contributed by atoms with E-state index in [0.29, 0.717) is 0 Å². The van der Waals surface area contributed by atoms with Crippen LogP contribution in [0.2, 0.25) is 0 Å². The van der Waals surface area contributed by atoms with Crippen LogP contribution in [0.5, 0.6) is 0 Å². The molecule has 2 aromatic rings. The molecule has 0 aliphatic carbocycles. The van der Waals surface area contributed by atoms with Gasteiger partial charge in [0.2, 0.25) is 0 Å². The maximum absolute atomic E-state index is 6.00. The molecular formula is C11H15BrN4S. The first-order valence-corrected chi connectivity index (χ1v) is 7.08. The van der Waals surface area contributed by atoms with Gasteiger partial charge in [0.15, 0.2) is 0 Å². The molecule has 92 valence electrons. The van der Waals surface area contributed by atoms with Crippen molar-refractivity contribution in [3.05, 3.63) is 26.5 Å². The quantitative estimate of drug-likeness (QED) is 0.911. The third-order valence-corrected chi connectivity index (χ3v) is 4.22. The van der Waals surface area contributed by atoms with Crippen LogP contribution in [0.3, 0.4) is 0 Å². The summed E-state index contributed by atoms with van der Waals surface area (Å²) in [6, 6.07) is 2.10. The van der Waals surface area contributed by atoms with Crippen molar-refractivity contribution < 1.29 is 0 Å². The Bertz CT molecular complexity index is 518. The van der Waals surface area contributed by atoms with E-state index in [1.165, 1.54) is 4.88 Å². The van der Waals surface area contributed by atoms with Gasteiger partial charge in [-0.1, -0.05) is 0 Å². The van der Waals surface area contributed by atoms with Crippen molar-refractivity contribution in [1.29, 1.82) is 0 Å². The van der Waals surface area contributed by atoms with Gasteiger partial charge in [0, 0.05) is 21.3 Å². The first-order valence-electron chi connectivity index (χ1n) is 5.41. The van der Waals surface area contributed by atoms with Crippen molar-refractivity contribution in [3.63, 3.8) is 0 Å². The lowest BCUT2D eigenvalue weighted by molar-refractivity contribution is 0.658. The SMILES string of the molecule is CCn1nc(C)c(N)c1NCc1cc(Br)cs1.